The number of carbonyl (C=O) groups excluding carboxylic acids is 1. The molecule has 1 aromatic rings. The number of ether oxygens (including phenoxy) is 1. The summed E-state index contributed by atoms with van der Waals surface area (Å²) >= 11 is 0. The summed E-state index contributed by atoms with van der Waals surface area (Å²) in [5, 5.41) is 3.35. The fraction of sp³-hybridized carbons (Fsp3) is 0.562. The molecule has 1 unspecified atom stereocenters. The first-order valence-corrected chi connectivity index (χ1v) is 7.46. The molecule has 4 nitrogen and oxygen atoms in total. The Bertz CT molecular complexity index is 481. The van der Waals surface area contributed by atoms with Crippen LogP contribution in [0.3, 0.4) is 0 Å². The molecular formula is C16H22N2O2. The maximum absolute atomic E-state index is 12.6. The molecule has 1 saturated heterocycles. The highest BCUT2D eigenvalue weighted by molar-refractivity contribution is 5.82. The Morgan fingerprint density at radius 3 is 3.05 bits per heavy atom. The Balaban J connectivity index is 1.75. The third-order valence-electron chi connectivity index (χ3n) is 4.37. The van der Waals surface area contributed by atoms with Gasteiger partial charge in [-0.15, -0.1) is 0 Å². The zero-order valence-electron chi connectivity index (χ0n) is 12.0. The van der Waals surface area contributed by atoms with E-state index in [4.69, 9.17) is 4.74 Å². The van der Waals surface area contributed by atoms with Crippen LogP contribution in [0.25, 0.3) is 0 Å². The number of hydrogen-bond donors (Lipinski definition) is 1. The van der Waals surface area contributed by atoms with E-state index in [2.05, 4.69) is 11.4 Å². The molecule has 0 aromatic heterocycles. The normalized spacial score (nSPS) is 22.2. The first kappa shape index (κ1) is 13.4. The predicted octanol–water partition coefficient (Wildman–Crippen LogP) is 1.72. The van der Waals surface area contributed by atoms with Gasteiger partial charge in [0.2, 0.25) is 5.91 Å². The van der Waals surface area contributed by atoms with Gasteiger partial charge in [0.15, 0.2) is 0 Å². The summed E-state index contributed by atoms with van der Waals surface area (Å²) in [4.78, 5) is 14.6. The standard InChI is InChI=1S/C16H22N2O2/c1-20-15-7-4-5-12-8-10-18(11-13(12)15)16(19)14-6-2-3-9-17-14/h4-5,7,14,17H,2-3,6,8-11H2,1H3. The molecule has 0 saturated carbocycles. The van der Waals surface area contributed by atoms with Gasteiger partial charge in [0.25, 0.3) is 0 Å². The molecule has 1 fully saturated rings. The van der Waals surface area contributed by atoms with Crippen LogP contribution < -0.4 is 10.1 Å². The number of carbonyl (C=O) groups is 1. The minimum absolute atomic E-state index is 0.0139. The average Bonchev–Trinajstić information content (AvgIpc) is 2.54. The second-order valence-corrected chi connectivity index (χ2v) is 5.61. The second-order valence-electron chi connectivity index (χ2n) is 5.61. The number of hydrogen-bond acceptors (Lipinski definition) is 3. The van der Waals surface area contributed by atoms with E-state index in [-0.39, 0.29) is 11.9 Å². The van der Waals surface area contributed by atoms with Crippen molar-refractivity contribution in [2.24, 2.45) is 0 Å². The number of amides is 1. The summed E-state index contributed by atoms with van der Waals surface area (Å²) in [5.74, 6) is 1.15. The molecule has 3 rings (SSSR count). The summed E-state index contributed by atoms with van der Waals surface area (Å²) in [6.07, 6.45) is 4.22. The van der Waals surface area contributed by atoms with Gasteiger partial charge >= 0.3 is 0 Å². The van der Waals surface area contributed by atoms with E-state index in [0.29, 0.717) is 6.54 Å². The van der Waals surface area contributed by atoms with Crippen molar-refractivity contribution in [2.75, 3.05) is 20.2 Å². The number of methoxy groups -OCH3 is 1. The highest BCUT2D eigenvalue weighted by Gasteiger charge is 2.29. The van der Waals surface area contributed by atoms with Gasteiger partial charge in [-0.3, -0.25) is 4.79 Å². The maximum atomic E-state index is 12.6. The molecule has 2 aliphatic heterocycles. The Morgan fingerprint density at radius 1 is 1.40 bits per heavy atom. The molecule has 20 heavy (non-hydrogen) atoms. The number of rotatable bonds is 2. The molecule has 2 heterocycles. The van der Waals surface area contributed by atoms with Gasteiger partial charge in [0.05, 0.1) is 13.2 Å². The predicted molar refractivity (Wildman–Crippen MR) is 77.8 cm³/mol. The van der Waals surface area contributed by atoms with Crippen LogP contribution in [0.15, 0.2) is 18.2 Å². The van der Waals surface area contributed by atoms with E-state index in [9.17, 15) is 4.79 Å². The van der Waals surface area contributed by atoms with Crippen LogP contribution in [0, 0.1) is 0 Å². The van der Waals surface area contributed by atoms with E-state index in [1.807, 2.05) is 17.0 Å². The van der Waals surface area contributed by atoms with E-state index in [0.717, 1.165) is 38.1 Å². The number of benzene rings is 1. The zero-order chi connectivity index (χ0) is 13.9. The van der Waals surface area contributed by atoms with Gasteiger partial charge in [-0.05, 0) is 37.4 Å². The number of nitrogens with zero attached hydrogens (tertiary/aromatic N) is 1. The minimum atomic E-state index is 0.0139. The van der Waals surface area contributed by atoms with Crippen LogP contribution in [0.2, 0.25) is 0 Å². The van der Waals surface area contributed by atoms with Crippen molar-refractivity contribution in [2.45, 2.75) is 38.3 Å². The Hall–Kier alpha value is -1.55. The number of piperidine rings is 1. The summed E-state index contributed by atoms with van der Waals surface area (Å²) < 4.78 is 5.43. The first-order valence-electron chi connectivity index (χ1n) is 7.46. The lowest BCUT2D eigenvalue weighted by Gasteiger charge is -2.34. The lowest BCUT2D eigenvalue weighted by atomic mass is 9.97. The highest BCUT2D eigenvalue weighted by atomic mass is 16.5. The fourth-order valence-corrected chi connectivity index (χ4v) is 3.21. The van der Waals surface area contributed by atoms with Gasteiger partial charge < -0.3 is 15.0 Å². The summed E-state index contributed by atoms with van der Waals surface area (Å²) in [6, 6.07) is 6.15. The molecule has 0 radical (unpaired) electrons. The molecular weight excluding hydrogens is 252 g/mol. The largest absolute Gasteiger partial charge is 0.496 e. The summed E-state index contributed by atoms with van der Waals surface area (Å²) in [6.45, 7) is 2.46. The van der Waals surface area contributed by atoms with E-state index in [1.54, 1.807) is 7.11 Å². The molecule has 108 valence electrons. The molecule has 2 aliphatic rings. The highest BCUT2D eigenvalue weighted by Crippen LogP contribution is 2.28. The van der Waals surface area contributed by atoms with Crippen molar-refractivity contribution in [1.29, 1.82) is 0 Å². The smallest absolute Gasteiger partial charge is 0.240 e. The molecule has 0 spiro atoms. The van der Waals surface area contributed by atoms with Gasteiger partial charge in [-0.25, -0.2) is 0 Å². The summed E-state index contributed by atoms with van der Waals surface area (Å²) in [5.41, 5.74) is 2.48. The van der Waals surface area contributed by atoms with Crippen LogP contribution in [0.1, 0.15) is 30.4 Å². The van der Waals surface area contributed by atoms with Crippen molar-refractivity contribution >= 4 is 5.91 Å². The third-order valence-corrected chi connectivity index (χ3v) is 4.37. The van der Waals surface area contributed by atoms with E-state index >= 15 is 0 Å². The van der Waals surface area contributed by atoms with Gasteiger partial charge in [0, 0.05) is 18.7 Å². The van der Waals surface area contributed by atoms with Crippen molar-refractivity contribution in [1.82, 2.24) is 10.2 Å². The maximum Gasteiger partial charge on any atom is 0.240 e. The minimum Gasteiger partial charge on any atom is -0.496 e. The second kappa shape index (κ2) is 5.83. The Morgan fingerprint density at radius 2 is 2.30 bits per heavy atom. The van der Waals surface area contributed by atoms with Crippen LogP contribution in [0.5, 0.6) is 5.75 Å². The number of nitrogens with one attached hydrogen (secondary N) is 1. The number of fused-ring (bicyclic) bond motifs is 1. The molecule has 0 bridgehead atoms. The molecule has 1 aromatic carbocycles. The van der Waals surface area contributed by atoms with Gasteiger partial charge in [-0.2, -0.15) is 0 Å². The summed E-state index contributed by atoms with van der Waals surface area (Å²) in [7, 11) is 1.69. The Labute approximate surface area is 120 Å². The lowest BCUT2D eigenvalue weighted by Crippen LogP contribution is -2.49. The fourth-order valence-electron chi connectivity index (χ4n) is 3.21. The van der Waals surface area contributed by atoms with Crippen molar-refractivity contribution in [3.05, 3.63) is 29.3 Å². The van der Waals surface area contributed by atoms with Crippen molar-refractivity contribution < 1.29 is 9.53 Å². The average molecular weight is 274 g/mol. The third kappa shape index (κ3) is 2.52. The molecule has 1 atom stereocenters. The van der Waals surface area contributed by atoms with Crippen LogP contribution in [0.4, 0.5) is 0 Å². The molecule has 0 aliphatic carbocycles. The van der Waals surface area contributed by atoms with Crippen LogP contribution >= 0.6 is 0 Å². The zero-order valence-corrected chi connectivity index (χ0v) is 12.0. The molecule has 1 N–H and O–H groups in total. The first-order chi connectivity index (χ1) is 9.79. The molecule has 4 heteroatoms. The van der Waals surface area contributed by atoms with Gasteiger partial charge in [0.1, 0.15) is 5.75 Å². The topological polar surface area (TPSA) is 41.6 Å². The van der Waals surface area contributed by atoms with Crippen molar-refractivity contribution in [3.8, 4) is 5.75 Å². The Kier molecular flexibility index (Phi) is 3.92. The van der Waals surface area contributed by atoms with E-state index in [1.165, 1.54) is 17.5 Å². The quantitative estimate of drug-likeness (QED) is 0.893. The van der Waals surface area contributed by atoms with Crippen LogP contribution in [-0.2, 0) is 17.8 Å². The van der Waals surface area contributed by atoms with Crippen molar-refractivity contribution in [3.63, 3.8) is 0 Å². The SMILES string of the molecule is COc1cccc2c1CN(C(=O)C1CCCCN1)CC2. The monoisotopic (exact) mass is 274 g/mol. The van der Waals surface area contributed by atoms with Gasteiger partial charge in [-0.1, -0.05) is 18.6 Å². The lowest BCUT2D eigenvalue weighted by molar-refractivity contribution is -0.135. The molecule has 1 amide bonds. The van der Waals surface area contributed by atoms with E-state index < -0.39 is 0 Å². The van der Waals surface area contributed by atoms with Crippen LogP contribution in [-0.4, -0.2) is 37.0 Å².